The molecule has 0 saturated carbocycles. The second-order valence-corrected chi connectivity index (χ2v) is 24.6. The highest BCUT2D eigenvalue weighted by Crippen LogP contribution is 2.68. The van der Waals surface area contributed by atoms with Crippen LogP contribution in [0, 0.1) is 0 Å². The van der Waals surface area contributed by atoms with E-state index in [2.05, 4.69) is 140 Å². The number of rotatable bonds is 1. The Morgan fingerprint density at radius 2 is 0.449 bits per heavy atom. The zero-order chi connectivity index (χ0) is 49.3. The number of hydrogen-bond donors (Lipinski definition) is 0. The molecule has 346 valence electrons. The Morgan fingerprint density at radius 1 is 0.256 bits per heavy atom. The van der Waals surface area contributed by atoms with Crippen LogP contribution in [0.1, 0.15) is 12.8 Å². The molecule has 2 nitrogen and oxygen atoms in total. The summed E-state index contributed by atoms with van der Waals surface area (Å²) in [5, 5.41) is 69.3. The van der Waals surface area contributed by atoms with Crippen LogP contribution in [0.4, 0.5) is 0 Å². The van der Waals surface area contributed by atoms with Crippen LogP contribution >= 0.6 is 0 Å². The average Bonchev–Trinajstić information content (AvgIpc) is 0.774. The predicted molar refractivity (Wildman–Crippen MR) is 337 cm³/mol. The van der Waals surface area contributed by atoms with Crippen LogP contribution in [0.5, 0.6) is 0 Å². The van der Waals surface area contributed by atoms with Gasteiger partial charge in [0.15, 0.2) is 0 Å². The van der Waals surface area contributed by atoms with Crippen molar-refractivity contribution in [3.8, 4) is 0 Å². The van der Waals surface area contributed by atoms with Gasteiger partial charge in [-0.1, -0.05) is 67.2 Å². The summed E-state index contributed by atoms with van der Waals surface area (Å²) in [7, 11) is 0. The van der Waals surface area contributed by atoms with E-state index < -0.39 is 0 Å². The van der Waals surface area contributed by atoms with Gasteiger partial charge in [0.05, 0.1) is 0 Å². The van der Waals surface area contributed by atoms with Crippen molar-refractivity contribution >= 4 is 264 Å². The quantitative estimate of drug-likeness (QED) is 0.119. The molecule has 0 atom stereocenters. The van der Waals surface area contributed by atoms with Crippen LogP contribution in [-0.4, -0.2) is 17.4 Å². The zero-order valence-corrected chi connectivity index (χ0v) is 41.5. The zero-order valence-electron chi connectivity index (χ0n) is 41.5. The van der Waals surface area contributed by atoms with Gasteiger partial charge in [-0.25, -0.2) is 0 Å². The van der Waals surface area contributed by atoms with Gasteiger partial charge in [-0.05, 0) is 344 Å². The molecule has 25 aromatic rings. The van der Waals surface area contributed by atoms with Crippen molar-refractivity contribution in [2.24, 2.45) is 0 Å². The standard InChI is InChI=1S/C70H22.C6H9NO/c1-3-23-11-31-19-35-15-27-7-9-29-17-37-21-33-13-25-5-2-6-26-14-34-22-38-18-30-10-8-28-16-36-20-32-12-24(4-1)39(23)53-45(31)59-49(35)55-41(27)43(29)57-51(37)61-47(33)54(40(25)26)48(34)62-52(38)58-44(30)42(28)56-50(36)60(46(32)53)63(59)69-65(55)67(57)70(64(61)62)68(58)66(56)69;1-2-7-5-3-4-6(7)8/h1-22H;2H,1,3-5H2. The van der Waals surface area contributed by atoms with E-state index >= 15 is 0 Å². The van der Waals surface area contributed by atoms with Crippen molar-refractivity contribution in [3.63, 3.8) is 0 Å². The smallest absolute Gasteiger partial charge is 0.226 e. The highest BCUT2D eigenvalue weighted by molar-refractivity contribution is 6.70. The van der Waals surface area contributed by atoms with Crippen molar-refractivity contribution in [2.75, 3.05) is 6.54 Å². The summed E-state index contributed by atoms with van der Waals surface area (Å²) in [6.45, 7) is 4.36. The number of carbonyl (C=O) groups is 1. The van der Waals surface area contributed by atoms with Gasteiger partial charge in [-0.15, -0.1) is 0 Å². The fraction of sp³-hybridized carbons (Fsp3) is 0.0395. The topological polar surface area (TPSA) is 20.3 Å². The Morgan fingerprint density at radius 3 is 0.654 bits per heavy atom. The molecule has 1 aliphatic heterocycles. The molecule has 25 aromatic carbocycles. The maximum absolute atomic E-state index is 10.7. The van der Waals surface area contributed by atoms with Crippen LogP contribution < -0.4 is 0 Å². The first-order valence-electron chi connectivity index (χ1n) is 28.0. The number of nitrogens with zero attached hydrogens (tertiary/aromatic N) is 1. The highest BCUT2D eigenvalue weighted by Gasteiger charge is 2.38. The van der Waals surface area contributed by atoms with Gasteiger partial charge >= 0.3 is 0 Å². The van der Waals surface area contributed by atoms with E-state index in [0.29, 0.717) is 6.42 Å². The number of amides is 1. The SMILES string of the molecule is C=CN1CCCC1=O.c1cc2cc3cc4cc5ccc6cc7cc8cc9cccc%10cc%11cc%12cc%13ccc%14cc%15cc%16cc(c1)c2c1c3c2c4c3c5c6c4c7c5c8c(c9%10)c%11c6c%12c7c%13c%14c8c%15c(c%161)c2c1c3c4c(c56)c7c81. The van der Waals surface area contributed by atoms with E-state index in [4.69, 9.17) is 0 Å². The third-order valence-electron chi connectivity index (χ3n) is 21.7. The summed E-state index contributed by atoms with van der Waals surface area (Å²) < 4.78 is 0. The lowest BCUT2D eigenvalue weighted by molar-refractivity contribution is -0.125. The minimum atomic E-state index is 0.208. The molecule has 26 rings (SSSR count). The van der Waals surface area contributed by atoms with Crippen LogP contribution in [0.15, 0.2) is 146 Å². The fourth-order valence-corrected chi connectivity index (χ4v) is 19.5. The van der Waals surface area contributed by atoms with E-state index in [9.17, 15) is 4.79 Å². The van der Waals surface area contributed by atoms with Crippen molar-refractivity contribution in [2.45, 2.75) is 12.8 Å². The molecule has 1 saturated heterocycles. The molecule has 0 unspecified atom stereocenters. The largest absolute Gasteiger partial charge is 0.320 e. The number of likely N-dealkylation sites (tertiary alicyclic amines) is 1. The van der Waals surface area contributed by atoms with Crippen LogP contribution in [0.3, 0.4) is 0 Å². The summed E-state index contributed by atoms with van der Waals surface area (Å²) in [6, 6.07) is 54.7. The molecule has 0 spiro atoms. The molecule has 78 heavy (non-hydrogen) atoms. The van der Waals surface area contributed by atoms with E-state index in [1.807, 2.05) is 0 Å². The lowest BCUT2D eigenvalue weighted by atomic mass is 9.68. The van der Waals surface area contributed by atoms with Gasteiger partial charge in [-0.3, -0.25) is 4.79 Å². The predicted octanol–water partition coefficient (Wildman–Crippen LogP) is 21.1. The fourth-order valence-electron chi connectivity index (χ4n) is 19.5. The third kappa shape index (κ3) is 3.20. The van der Waals surface area contributed by atoms with Gasteiger partial charge in [-0.2, -0.15) is 0 Å². The van der Waals surface area contributed by atoms with Gasteiger partial charge in [0.2, 0.25) is 5.91 Å². The number of hydrogen-bond acceptors (Lipinski definition) is 1. The maximum atomic E-state index is 10.7. The van der Waals surface area contributed by atoms with Gasteiger partial charge in [0.25, 0.3) is 0 Å². The second-order valence-electron chi connectivity index (χ2n) is 24.6. The molecule has 1 aliphatic rings. The second kappa shape index (κ2) is 10.6. The highest BCUT2D eigenvalue weighted by atomic mass is 16.2. The first-order chi connectivity index (χ1) is 38.6. The molecular weight excluding hydrogens is 943 g/mol. The third-order valence-corrected chi connectivity index (χ3v) is 21.7. The minimum Gasteiger partial charge on any atom is -0.320 e. The molecule has 0 bridgehead atoms. The summed E-state index contributed by atoms with van der Waals surface area (Å²) in [6.07, 6.45) is 3.28. The molecule has 1 fully saturated rings. The summed E-state index contributed by atoms with van der Waals surface area (Å²) in [5.74, 6) is 0.208. The van der Waals surface area contributed by atoms with Crippen molar-refractivity contribution in [3.05, 3.63) is 146 Å². The molecule has 0 aromatic heterocycles. The molecule has 1 amide bonds. The molecule has 0 aliphatic carbocycles. The molecular formula is C76H31NO. The molecule has 1 heterocycles. The monoisotopic (exact) mass is 973 g/mol. The van der Waals surface area contributed by atoms with Crippen molar-refractivity contribution < 1.29 is 4.79 Å². The van der Waals surface area contributed by atoms with E-state index in [-0.39, 0.29) is 5.91 Å². The average molecular weight is 974 g/mol. The van der Waals surface area contributed by atoms with Gasteiger partial charge in [0.1, 0.15) is 0 Å². The summed E-state index contributed by atoms with van der Waals surface area (Å²) in [4.78, 5) is 12.3. The maximum Gasteiger partial charge on any atom is 0.226 e. The first-order valence-corrected chi connectivity index (χ1v) is 28.0. The number of benzene rings is 25. The van der Waals surface area contributed by atoms with Crippen molar-refractivity contribution in [1.82, 2.24) is 4.90 Å². The first kappa shape index (κ1) is 36.2. The van der Waals surface area contributed by atoms with E-state index in [0.717, 1.165) is 13.0 Å². The Bertz CT molecular complexity index is 6230. The summed E-state index contributed by atoms with van der Waals surface area (Å²) >= 11 is 0. The van der Waals surface area contributed by atoms with E-state index in [1.165, 1.54) is 259 Å². The lowest BCUT2D eigenvalue weighted by Crippen LogP contribution is -2.16. The Balaban J connectivity index is 0.000000465. The minimum absolute atomic E-state index is 0.208. The Labute approximate surface area is 437 Å². The molecule has 0 N–H and O–H groups in total. The normalized spacial score (nSPS) is 15.3. The van der Waals surface area contributed by atoms with Crippen LogP contribution in [0.2, 0.25) is 0 Å². The van der Waals surface area contributed by atoms with Gasteiger partial charge in [0, 0.05) is 13.0 Å². The van der Waals surface area contributed by atoms with Gasteiger partial charge < -0.3 is 4.90 Å². The summed E-state index contributed by atoms with van der Waals surface area (Å²) in [5.41, 5.74) is 0. The number of carbonyl (C=O) groups excluding carboxylic acids is 1. The molecule has 0 radical (unpaired) electrons. The van der Waals surface area contributed by atoms with Crippen LogP contribution in [0.25, 0.3) is 259 Å². The van der Waals surface area contributed by atoms with Crippen molar-refractivity contribution in [1.29, 1.82) is 0 Å². The molecule has 2 heteroatoms. The Kier molecular flexibility index (Phi) is 4.93. The lowest BCUT2D eigenvalue weighted by Gasteiger charge is -2.34. The van der Waals surface area contributed by atoms with E-state index in [1.54, 1.807) is 11.1 Å². The van der Waals surface area contributed by atoms with Crippen LogP contribution in [-0.2, 0) is 4.79 Å². The Hall–Kier alpha value is -9.89.